The maximum absolute atomic E-state index is 5.58. The Morgan fingerprint density at radius 3 is 2.21 bits per heavy atom. The molecule has 0 bridgehead atoms. The van der Waals surface area contributed by atoms with Crippen LogP contribution in [0.25, 0.3) is 0 Å². The zero-order valence-electron chi connectivity index (χ0n) is 15.9. The van der Waals surface area contributed by atoms with Crippen LogP contribution in [0.3, 0.4) is 0 Å². The number of ether oxygens (including phenoxy) is 2. The maximum Gasteiger partial charge on any atom is 0.193 e. The first-order valence-electron chi connectivity index (χ1n) is 7.89. The molecule has 0 saturated carbocycles. The molecule has 1 rings (SSSR count). The smallest absolute Gasteiger partial charge is 0.193 e. The van der Waals surface area contributed by atoms with Gasteiger partial charge in [-0.1, -0.05) is 32.9 Å². The molecule has 1 aromatic rings. The highest BCUT2D eigenvalue weighted by Gasteiger charge is 2.24. The first-order valence-corrected chi connectivity index (χ1v) is 7.89. The lowest BCUT2D eigenvalue weighted by Gasteiger charge is -2.31. The maximum atomic E-state index is 5.58. The van der Waals surface area contributed by atoms with Crippen molar-refractivity contribution in [3.63, 3.8) is 0 Å². The molecule has 0 aromatic heterocycles. The second-order valence-electron chi connectivity index (χ2n) is 6.72. The summed E-state index contributed by atoms with van der Waals surface area (Å²) in [6.45, 7) is 8.02. The van der Waals surface area contributed by atoms with Crippen molar-refractivity contribution in [2.24, 2.45) is 10.4 Å². The van der Waals surface area contributed by atoms with Crippen molar-refractivity contribution in [1.82, 2.24) is 10.2 Å². The summed E-state index contributed by atoms with van der Waals surface area (Å²) in [6.07, 6.45) is 0.119. The third kappa shape index (κ3) is 7.25. The van der Waals surface area contributed by atoms with Crippen LogP contribution in [0.15, 0.2) is 29.3 Å². The molecule has 0 fully saturated rings. The highest BCUT2D eigenvalue weighted by molar-refractivity contribution is 14.0. The molecule has 0 aliphatic rings. The number of nitrogens with zero attached hydrogens (tertiary/aromatic N) is 2. The van der Waals surface area contributed by atoms with E-state index in [2.05, 4.69) is 48.1 Å². The van der Waals surface area contributed by atoms with Crippen molar-refractivity contribution in [1.29, 1.82) is 0 Å². The lowest BCUT2D eigenvalue weighted by atomic mass is 9.89. The van der Waals surface area contributed by atoms with Crippen LogP contribution in [0.1, 0.15) is 26.3 Å². The average molecular weight is 449 g/mol. The van der Waals surface area contributed by atoms with Crippen LogP contribution in [0.2, 0.25) is 0 Å². The fourth-order valence-corrected chi connectivity index (χ4v) is 2.39. The molecule has 1 aromatic carbocycles. The molecule has 0 aliphatic carbocycles. The first kappa shape index (κ1) is 23.0. The van der Waals surface area contributed by atoms with Crippen LogP contribution >= 0.6 is 24.0 Å². The van der Waals surface area contributed by atoms with Crippen LogP contribution in [0, 0.1) is 5.41 Å². The third-order valence-corrected chi connectivity index (χ3v) is 3.85. The largest absolute Gasteiger partial charge is 0.497 e. The average Bonchev–Trinajstić information content (AvgIpc) is 2.51. The number of benzene rings is 1. The van der Waals surface area contributed by atoms with Crippen LogP contribution in [-0.2, 0) is 11.3 Å². The van der Waals surface area contributed by atoms with Gasteiger partial charge >= 0.3 is 0 Å². The molecule has 1 unspecified atom stereocenters. The molecule has 24 heavy (non-hydrogen) atoms. The Morgan fingerprint density at radius 2 is 1.79 bits per heavy atom. The number of hydrogen-bond donors (Lipinski definition) is 1. The highest BCUT2D eigenvalue weighted by atomic mass is 127. The monoisotopic (exact) mass is 449 g/mol. The fraction of sp³-hybridized carbons (Fsp3) is 0.611. The van der Waals surface area contributed by atoms with Gasteiger partial charge in [0.15, 0.2) is 5.96 Å². The van der Waals surface area contributed by atoms with Gasteiger partial charge in [0.2, 0.25) is 0 Å². The van der Waals surface area contributed by atoms with Crippen LogP contribution in [0.5, 0.6) is 5.75 Å². The van der Waals surface area contributed by atoms with Gasteiger partial charge in [-0.3, -0.25) is 4.99 Å². The van der Waals surface area contributed by atoms with Gasteiger partial charge in [0, 0.05) is 34.3 Å². The van der Waals surface area contributed by atoms with Gasteiger partial charge in [0.25, 0.3) is 0 Å². The van der Waals surface area contributed by atoms with Gasteiger partial charge in [-0.25, -0.2) is 0 Å². The quantitative estimate of drug-likeness (QED) is 0.411. The molecular weight excluding hydrogens is 417 g/mol. The van der Waals surface area contributed by atoms with E-state index in [0.29, 0.717) is 0 Å². The van der Waals surface area contributed by atoms with Gasteiger partial charge in [0.05, 0.1) is 13.2 Å². The van der Waals surface area contributed by atoms with Gasteiger partial charge in [-0.2, -0.15) is 0 Å². The summed E-state index contributed by atoms with van der Waals surface area (Å²) in [7, 11) is 7.25. The summed E-state index contributed by atoms with van der Waals surface area (Å²) in [5, 5.41) is 3.40. The molecule has 6 heteroatoms. The zero-order valence-corrected chi connectivity index (χ0v) is 18.3. The molecule has 0 radical (unpaired) electrons. The Labute approximate surface area is 163 Å². The predicted molar refractivity (Wildman–Crippen MR) is 111 cm³/mol. The Hall–Kier alpha value is -1.02. The molecule has 0 spiro atoms. The Morgan fingerprint density at radius 1 is 1.21 bits per heavy atom. The summed E-state index contributed by atoms with van der Waals surface area (Å²) in [5.41, 5.74) is 1.28. The van der Waals surface area contributed by atoms with E-state index in [-0.39, 0.29) is 35.5 Å². The van der Waals surface area contributed by atoms with Crippen molar-refractivity contribution in [2.75, 3.05) is 34.9 Å². The normalized spacial score (nSPS) is 13.0. The molecule has 5 nitrogen and oxygen atoms in total. The van der Waals surface area contributed by atoms with E-state index in [1.807, 2.05) is 19.2 Å². The Kier molecular flexibility index (Phi) is 10.3. The van der Waals surface area contributed by atoms with Crippen LogP contribution in [-0.4, -0.2) is 51.8 Å². The SMILES string of the molecule is CN=C(NCC(OC)C(C)(C)C)N(C)Cc1ccc(OC)cc1.I. The number of rotatable bonds is 6. The van der Waals surface area contributed by atoms with Crippen molar-refractivity contribution >= 4 is 29.9 Å². The number of aliphatic imine (C=N–C) groups is 1. The lowest BCUT2D eigenvalue weighted by molar-refractivity contribution is 0.0202. The molecule has 0 amide bonds. The van der Waals surface area contributed by atoms with Crippen LogP contribution < -0.4 is 10.1 Å². The fourth-order valence-electron chi connectivity index (χ4n) is 2.39. The van der Waals surface area contributed by atoms with E-state index < -0.39 is 0 Å². The predicted octanol–water partition coefficient (Wildman–Crippen LogP) is 3.38. The summed E-state index contributed by atoms with van der Waals surface area (Å²) < 4.78 is 10.8. The Bertz CT molecular complexity index is 498. The second kappa shape index (κ2) is 10.8. The van der Waals surface area contributed by atoms with Crippen LogP contribution in [0.4, 0.5) is 0 Å². The standard InChI is InChI=1S/C18H31N3O2.HI/c1-18(2,3)16(23-7)12-20-17(19-4)21(5)13-14-8-10-15(22-6)11-9-14;/h8-11,16H,12-13H2,1-7H3,(H,19,20);1H. The van der Waals surface area contributed by atoms with Crippen molar-refractivity contribution in [2.45, 2.75) is 33.4 Å². The van der Waals surface area contributed by atoms with E-state index in [9.17, 15) is 0 Å². The first-order chi connectivity index (χ1) is 10.8. The molecule has 1 N–H and O–H groups in total. The zero-order chi connectivity index (χ0) is 17.5. The van der Waals surface area contributed by atoms with E-state index >= 15 is 0 Å². The highest BCUT2D eigenvalue weighted by Crippen LogP contribution is 2.21. The third-order valence-electron chi connectivity index (χ3n) is 3.85. The topological polar surface area (TPSA) is 46.1 Å². The molecular formula is C18H32IN3O2. The van der Waals surface area contributed by atoms with Gasteiger partial charge < -0.3 is 19.7 Å². The van der Waals surface area contributed by atoms with Gasteiger partial charge in [0.1, 0.15) is 5.75 Å². The number of hydrogen-bond acceptors (Lipinski definition) is 3. The second-order valence-corrected chi connectivity index (χ2v) is 6.72. The van der Waals surface area contributed by atoms with E-state index in [1.54, 1.807) is 21.3 Å². The molecule has 0 heterocycles. The lowest BCUT2D eigenvalue weighted by Crippen LogP contribution is -2.45. The molecule has 1 atom stereocenters. The van der Waals surface area contributed by atoms with E-state index in [0.717, 1.165) is 24.8 Å². The molecule has 0 saturated heterocycles. The van der Waals surface area contributed by atoms with Crippen molar-refractivity contribution in [3.8, 4) is 5.75 Å². The van der Waals surface area contributed by atoms with Crippen molar-refractivity contribution < 1.29 is 9.47 Å². The number of guanidine groups is 1. The van der Waals surface area contributed by atoms with Gasteiger partial charge in [-0.05, 0) is 23.1 Å². The number of methoxy groups -OCH3 is 2. The summed E-state index contributed by atoms with van der Waals surface area (Å²) in [6, 6.07) is 8.07. The summed E-state index contributed by atoms with van der Waals surface area (Å²) >= 11 is 0. The number of halogens is 1. The minimum atomic E-state index is 0. The molecule has 0 aliphatic heterocycles. The van der Waals surface area contributed by atoms with Crippen molar-refractivity contribution in [3.05, 3.63) is 29.8 Å². The molecule has 138 valence electrons. The minimum Gasteiger partial charge on any atom is -0.497 e. The number of nitrogens with one attached hydrogen (secondary N) is 1. The minimum absolute atomic E-state index is 0. The van der Waals surface area contributed by atoms with Gasteiger partial charge in [-0.15, -0.1) is 24.0 Å². The Balaban J connectivity index is 0.00000529. The summed E-state index contributed by atoms with van der Waals surface area (Å²) in [5.74, 6) is 1.72. The van der Waals surface area contributed by atoms with E-state index in [1.165, 1.54) is 5.56 Å². The van der Waals surface area contributed by atoms with E-state index in [4.69, 9.17) is 9.47 Å². The summed E-state index contributed by atoms with van der Waals surface area (Å²) in [4.78, 5) is 6.45.